The molecule has 2 aromatic carbocycles. The molecule has 1 nitrogen and oxygen atoms in total. The Morgan fingerprint density at radius 2 is 1.57 bits per heavy atom. The van der Waals surface area contributed by atoms with Crippen LogP contribution in [0.25, 0.3) is 0 Å². The molecule has 1 atom stereocenters. The SMILES string of the molecule is CCNC(Cc1ccccc1F)Cc1cccc(F)c1Br. The van der Waals surface area contributed by atoms with Crippen LogP contribution in [0.3, 0.4) is 0 Å². The van der Waals surface area contributed by atoms with E-state index in [2.05, 4.69) is 21.2 Å². The first-order valence-electron chi connectivity index (χ1n) is 7.01. The van der Waals surface area contributed by atoms with Crippen molar-refractivity contribution in [1.29, 1.82) is 0 Å². The monoisotopic (exact) mass is 353 g/mol. The van der Waals surface area contributed by atoms with Gasteiger partial charge >= 0.3 is 0 Å². The number of rotatable bonds is 6. The van der Waals surface area contributed by atoms with Crippen LogP contribution in [0.5, 0.6) is 0 Å². The van der Waals surface area contributed by atoms with Crippen molar-refractivity contribution in [2.75, 3.05) is 6.54 Å². The molecule has 112 valence electrons. The van der Waals surface area contributed by atoms with Gasteiger partial charge in [0.1, 0.15) is 11.6 Å². The molecule has 0 aliphatic heterocycles. The van der Waals surface area contributed by atoms with Gasteiger partial charge in [-0.25, -0.2) is 8.78 Å². The summed E-state index contributed by atoms with van der Waals surface area (Å²) in [5.74, 6) is -0.465. The molecule has 4 heteroatoms. The van der Waals surface area contributed by atoms with Gasteiger partial charge in [-0.15, -0.1) is 0 Å². The molecule has 0 saturated heterocycles. The minimum Gasteiger partial charge on any atom is -0.314 e. The Morgan fingerprint density at radius 3 is 2.29 bits per heavy atom. The van der Waals surface area contributed by atoms with Crippen LogP contribution in [0, 0.1) is 11.6 Å². The highest BCUT2D eigenvalue weighted by atomic mass is 79.9. The van der Waals surface area contributed by atoms with Gasteiger partial charge in [0, 0.05) is 6.04 Å². The Hall–Kier alpha value is -1.26. The Kier molecular flexibility index (Phi) is 5.88. The van der Waals surface area contributed by atoms with Gasteiger partial charge in [0.2, 0.25) is 0 Å². The predicted molar refractivity (Wildman–Crippen MR) is 85.4 cm³/mol. The summed E-state index contributed by atoms with van der Waals surface area (Å²) in [6.45, 7) is 2.79. The lowest BCUT2D eigenvalue weighted by Gasteiger charge is -2.19. The van der Waals surface area contributed by atoms with Crippen molar-refractivity contribution in [2.45, 2.75) is 25.8 Å². The largest absolute Gasteiger partial charge is 0.314 e. The fraction of sp³-hybridized carbons (Fsp3) is 0.294. The summed E-state index contributed by atoms with van der Waals surface area (Å²) in [4.78, 5) is 0. The molecule has 2 aromatic rings. The summed E-state index contributed by atoms with van der Waals surface area (Å²) in [5.41, 5.74) is 1.56. The van der Waals surface area contributed by atoms with E-state index in [4.69, 9.17) is 0 Å². The summed E-state index contributed by atoms with van der Waals surface area (Å²) in [5, 5.41) is 3.34. The average Bonchev–Trinajstić information content (AvgIpc) is 2.46. The number of hydrogen-bond donors (Lipinski definition) is 1. The van der Waals surface area contributed by atoms with E-state index in [1.165, 1.54) is 12.1 Å². The number of hydrogen-bond acceptors (Lipinski definition) is 1. The minimum absolute atomic E-state index is 0.0602. The summed E-state index contributed by atoms with van der Waals surface area (Å²) >= 11 is 3.28. The van der Waals surface area contributed by atoms with E-state index in [9.17, 15) is 8.78 Å². The maximum Gasteiger partial charge on any atom is 0.137 e. The number of nitrogens with one attached hydrogen (secondary N) is 1. The first-order valence-corrected chi connectivity index (χ1v) is 7.80. The van der Waals surface area contributed by atoms with Gasteiger partial charge in [-0.2, -0.15) is 0 Å². The van der Waals surface area contributed by atoms with Crippen molar-refractivity contribution in [3.05, 3.63) is 69.7 Å². The van der Waals surface area contributed by atoms with E-state index in [0.29, 0.717) is 22.9 Å². The van der Waals surface area contributed by atoms with Gasteiger partial charge in [0.05, 0.1) is 4.47 Å². The lowest BCUT2D eigenvalue weighted by Crippen LogP contribution is -2.33. The summed E-state index contributed by atoms with van der Waals surface area (Å²) in [6, 6.07) is 11.8. The third-order valence-electron chi connectivity index (χ3n) is 3.41. The van der Waals surface area contributed by atoms with Gasteiger partial charge in [0.25, 0.3) is 0 Å². The maximum atomic E-state index is 13.8. The van der Waals surface area contributed by atoms with Crippen molar-refractivity contribution >= 4 is 15.9 Å². The molecular formula is C17H18BrF2N. The topological polar surface area (TPSA) is 12.0 Å². The van der Waals surface area contributed by atoms with E-state index in [1.54, 1.807) is 18.2 Å². The standard InChI is InChI=1S/C17H18BrF2N/c1-2-21-14(10-12-6-3-4-8-15(12)19)11-13-7-5-9-16(20)17(13)18/h3-9,14,21H,2,10-11H2,1H3. The van der Waals surface area contributed by atoms with Gasteiger partial charge in [0.15, 0.2) is 0 Å². The van der Waals surface area contributed by atoms with Gasteiger partial charge in [-0.1, -0.05) is 37.3 Å². The zero-order valence-electron chi connectivity index (χ0n) is 11.9. The van der Waals surface area contributed by atoms with E-state index < -0.39 is 0 Å². The van der Waals surface area contributed by atoms with Crippen molar-refractivity contribution in [2.24, 2.45) is 0 Å². The molecule has 0 aliphatic rings. The van der Waals surface area contributed by atoms with Crippen LogP contribution in [0.2, 0.25) is 0 Å². The van der Waals surface area contributed by atoms with Crippen LogP contribution in [-0.4, -0.2) is 12.6 Å². The molecule has 0 aromatic heterocycles. The van der Waals surface area contributed by atoms with Gasteiger partial charge in [-0.05, 0) is 58.6 Å². The smallest absolute Gasteiger partial charge is 0.137 e. The van der Waals surface area contributed by atoms with Crippen molar-refractivity contribution in [3.8, 4) is 0 Å². The zero-order valence-corrected chi connectivity index (χ0v) is 13.5. The molecular weight excluding hydrogens is 336 g/mol. The van der Waals surface area contributed by atoms with E-state index >= 15 is 0 Å². The van der Waals surface area contributed by atoms with Crippen LogP contribution in [0.4, 0.5) is 8.78 Å². The van der Waals surface area contributed by atoms with Crippen LogP contribution >= 0.6 is 15.9 Å². The average molecular weight is 354 g/mol. The first kappa shape index (κ1) is 16.1. The Morgan fingerprint density at radius 1 is 0.952 bits per heavy atom. The van der Waals surface area contributed by atoms with Crippen LogP contribution in [-0.2, 0) is 12.8 Å². The van der Waals surface area contributed by atoms with Crippen molar-refractivity contribution in [1.82, 2.24) is 5.32 Å². The van der Waals surface area contributed by atoms with Crippen molar-refractivity contribution in [3.63, 3.8) is 0 Å². The molecule has 0 aliphatic carbocycles. The minimum atomic E-state index is -0.270. The highest BCUT2D eigenvalue weighted by Crippen LogP contribution is 2.22. The summed E-state index contributed by atoms with van der Waals surface area (Å²) in [6.07, 6.45) is 1.21. The second kappa shape index (κ2) is 7.66. The fourth-order valence-electron chi connectivity index (χ4n) is 2.41. The van der Waals surface area contributed by atoms with Gasteiger partial charge < -0.3 is 5.32 Å². The third-order valence-corrected chi connectivity index (χ3v) is 4.30. The molecule has 0 spiro atoms. The number of likely N-dealkylation sites (N-methyl/N-ethyl adjacent to an activating group) is 1. The molecule has 0 fully saturated rings. The molecule has 1 N–H and O–H groups in total. The number of halogens is 3. The second-order valence-corrected chi connectivity index (χ2v) is 5.76. The van der Waals surface area contributed by atoms with E-state index in [0.717, 1.165) is 12.1 Å². The predicted octanol–water partition coefficient (Wildman–Crippen LogP) is 4.49. The Labute approximate surface area is 132 Å². The lowest BCUT2D eigenvalue weighted by atomic mass is 9.98. The van der Waals surface area contributed by atoms with Crippen molar-refractivity contribution < 1.29 is 8.78 Å². The quantitative estimate of drug-likeness (QED) is 0.806. The summed E-state index contributed by atoms with van der Waals surface area (Å²) in [7, 11) is 0. The molecule has 1 unspecified atom stereocenters. The van der Waals surface area contributed by atoms with Crippen LogP contribution < -0.4 is 5.32 Å². The molecule has 0 radical (unpaired) electrons. The second-order valence-electron chi connectivity index (χ2n) is 4.97. The Balaban J connectivity index is 2.16. The Bertz CT molecular complexity index is 601. The first-order chi connectivity index (χ1) is 10.1. The molecule has 0 heterocycles. The summed E-state index contributed by atoms with van der Waals surface area (Å²) < 4.78 is 27.8. The van der Waals surface area contributed by atoms with Gasteiger partial charge in [-0.3, -0.25) is 0 Å². The highest BCUT2D eigenvalue weighted by Gasteiger charge is 2.14. The van der Waals surface area contributed by atoms with E-state index in [1.807, 2.05) is 19.1 Å². The molecule has 0 saturated carbocycles. The molecule has 21 heavy (non-hydrogen) atoms. The molecule has 0 amide bonds. The molecule has 2 rings (SSSR count). The van der Waals surface area contributed by atoms with Crippen LogP contribution in [0.15, 0.2) is 46.9 Å². The third kappa shape index (κ3) is 4.35. The zero-order chi connectivity index (χ0) is 15.2. The maximum absolute atomic E-state index is 13.8. The number of benzene rings is 2. The van der Waals surface area contributed by atoms with Crippen LogP contribution in [0.1, 0.15) is 18.1 Å². The highest BCUT2D eigenvalue weighted by molar-refractivity contribution is 9.10. The molecule has 0 bridgehead atoms. The lowest BCUT2D eigenvalue weighted by molar-refractivity contribution is 0.503. The fourth-order valence-corrected chi connectivity index (χ4v) is 2.83. The normalized spacial score (nSPS) is 12.4. The van der Waals surface area contributed by atoms with E-state index in [-0.39, 0.29) is 17.7 Å².